The predicted octanol–water partition coefficient (Wildman–Crippen LogP) is 4.65. The molecule has 25 heavy (non-hydrogen) atoms. The highest BCUT2D eigenvalue weighted by Gasteiger charge is 2.16. The summed E-state index contributed by atoms with van der Waals surface area (Å²) in [5.41, 5.74) is 2.79. The van der Waals surface area contributed by atoms with E-state index in [1.54, 1.807) is 10.6 Å². The third-order valence-corrected chi connectivity index (χ3v) is 4.61. The summed E-state index contributed by atoms with van der Waals surface area (Å²) < 4.78 is 13.2. The molecule has 0 aliphatic rings. The molecule has 0 N–H and O–H groups in total. The highest BCUT2D eigenvalue weighted by molar-refractivity contribution is 9.10. The molecule has 0 amide bonds. The molecule has 0 saturated carbocycles. The summed E-state index contributed by atoms with van der Waals surface area (Å²) in [5, 5.41) is 4.04. The van der Waals surface area contributed by atoms with E-state index in [2.05, 4.69) is 26.1 Å². The Kier molecular flexibility index (Phi) is 3.80. The smallest absolute Gasteiger partial charge is 0.408 e. The number of aromatic nitrogens is 3. The van der Waals surface area contributed by atoms with Gasteiger partial charge in [0, 0.05) is 16.1 Å². The van der Waals surface area contributed by atoms with Gasteiger partial charge in [0.2, 0.25) is 5.82 Å². The molecule has 2 heterocycles. The second-order valence-electron chi connectivity index (χ2n) is 5.92. The van der Waals surface area contributed by atoms with E-state index in [0.29, 0.717) is 17.3 Å². The molecule has 2 aromatic heterocycles. The van der Waals surface area contributed by atoms with Crippen molar-refractivity contribution in [2.24, 2.45) is 0 Å². The third-order valence-electron chi connectivity index (χ3n) is 3.92. The van der Waals surface area contributed by atoms with E-state index in [1.807, 2.05) is 50.2 Å². The van der Waals surface area contributed by atoms with E-state index in [9.17, 15) is 4.79 Å². The van der Waals surface area contributed by atoms with Gasteiger partial charge in [-0.1, -0.05) is 17.3 Å². The second kappa shape index (κ2) is 6.00. The van der Waals surface area contributed by atoms with Crippen molar-refractivity contribution in [3.63, 3.8) is 0 Å². The maximum absolute atomic E-state index is 12.0. The highest BCUT2D eigenvalue weighted by atomic mass is 79.9. The van der Waals surface area contributed by atoms with Crippen LogP contribution in [0.5, 0.6) is 0 Å². The fraction of sp³-hybridized carbons (Fsp3) is 0.167. The number of benzene rings is 2. The third kappa shape index (κ3) is 2.70. The predicted molar refractivity (Wildman–Crippen MR) is 97.3 cm³/mol. The van der Waals surface area contributed by atoms with Crippen molar-refractivity contribution in [3.8, 4) is 22.8 Å². The molecule has 0 atom stereocenters. The molecule has 4 rings (SSSR count). The molecule has 0 aliphatic carbocycles. The van der Waals surface area contributed by atoms with Gasteiger partial charge in [-0.05, 0) is 60.1 Å². The van der Waals surface area contributed by atoms with Crippen LogP contribution in [0.4, 0.5) is 0 Å². The molecule has 2 aromatic carbocycles. The lowest BCUT2D eigenvalue weighted by atomic mass is 10.2. The van der Waals surface area contributed by atoms with Crippen molar-refractivity contribution in [1.82, 2.24) is 14.7 Å². The van der Waals surface area contributed by atoms with Crippen LogP contribution in [-0.4, -0.2) is 14.7 Å². The van der Waals surface area contributed by atoms with Gasteiger partial charge in [0.25, 0.3) is 5.89 Å². The Morgan fingerprint density at radius 1 is 1.16 bits per heavy atom. The zero-order chi connectivity index (χ0) is 17.6. The summed E-state index contributed by atoms with van der Waals surface area (Å²) in [4.78, 5) is 16.4. The largest absolute Gasteiger partial charge is 0.420 e. The Hall–Kier alpha value is -2.67. The summed E-state index contributed by atoms with van der Waals surface area (Å²) in [7, 11) is 0. The van der Waals surface area contributed by atoms with Crippen LogP contribution < -0.4 is 5.76 Å². The molecule has 6 nitrogen and oxygen atoms in total. The van der Waals surface area contributed by atoms with Crippen molar-refractivity contribution < 1.29 is 8.94 Å². The van der Waals surface area contributed by atoms with E-state index < -0.39 is 0 Å². The summed E-state index contributed by atoms with van der Waals surface area (Å²) in [6.45, 7) is 3.88. The Morgan fingerprint density at radius 3 is 2.72 bits per heavy atom. The highest BCUT2D eigenvalue weighted by Crippen LogP contribution is 2.29. The van der Waals surface area contributed by atoms with Crippen LogP contribution in [0.25, 0.3) is 33.9 Å². The fourth-order valence-corrected chi connectivity index (χ4v) is 3.20. The van der Waals surface area contributed by atoms with E-state index in [1.165, 1.54) is 0 Å². The van der Waals surface area contributed by atoms with Gasteiger partial charge >= 0.3 is 5.76 Å². The zero-order valence-electron chi connectivity index (χ0n) is 13.6. The molecule has 0 bridgehead atoms. The van der Waals surface area contributed by atoms with Crippen molar-refractivity contribution in [3.05, 3.63) is 57.5 Å². The van der Waals surface area contributed by atoms with Gasteiger partial charge in [-0.3, -0.25) is 4.57 Å². The number of nitrogens with zero attached hydrogens (tertiary/aromatic N) is 3. The molecular weight excluding hydrogens is 386 g/mol. The number of hydrogen-bond donors (Lipinski definition) is 0. The number of halogens is 1. The second-order valence-corrected chi connectivity index (χ2v) is 6.77. The lowest BCUT2D eigenvalue weighted by Crippen LogP contribution is -2.15. The molecule has 0 spiro atoms. The molecule has 7 heteroatoms. The summed E-state index contributed by atoms with van der Waals surface area (Å²) in [6, 6.07) is 13.1. The van der Waals surface area contributed by atoms with Crippen LogP contribution in [-0.2, 0) is 0 Å². The van der Waals surface area contributed by atoms with Crippen LogP contribution in [0.3, 0.4) is 0 Å². The van der Waals surface area contributed by atoms with Crippen LogP contribution in [0.1, 0.15) is 19.9 Å². The molecule has 126 valence electrons. The molecule has 0 radical (unpaired) electrons. The topological polar surface area (TPSA) is 74.1 Å². The molecule has 0 fully saturated rings. The van der Waals surface area contributed by atoms with Gasteiger partial charge in [-0.25, -0.2) is 4.79 Å². The van der Waals surface area contributed by atoms with Crippen molar-refractivity contribution in [1.29, 1.82) is 0 Å². The standard InChI is InChI=1S/C18H14BrN3O3/c1-10(2)22-14-8-7-11(9-15(14)24-18(22)23)16-20-17(25-21-16)12-5-3-4-6-13(12)19/h3-10H,1-2H3. The summed E-state index contributed by atoms with van der Waals surface area (Å²) in [6.07, 6.45) is 0. The van der Waals surface area contributed by atoms with Crippen LogP contribution in [0.2, 0.25) is 0 Å². The number of oxazole rings is 1. The van der Waals surface area contributed by atoms with Crippen LogP contribution in [0, 0.1) is 0 Å². The normalized spacial score (nSPS) is 11.5. The first kappa shape index (κ1) is 15.8. The molecular formula is C18H14BrN3O3. The Morgan fingerprint density at radius 2 is 1.96 bits per heavy atom. The van der Waals surface area contributed by atoms with E-state index in [4.69, 9.17) is 8.94 Å². The van der Waals surface area contributed by atoms with Gasteiger partial charge in [-0.2, -0.15) is 4.98 Å². The molecule has 0 unspecified atom stereocenters. The molecule has 0 aliphatic heterocycles. The van der Waals surface area contributed by atoms with Gasteiger partial charge < -0.3 is 8.94 Å². The summed E-state index contributed by atoms with van der Waals surface area (Å²) >= 11 is 3.48. The number of hydrogen-bond acceptors (Lipinski definition) is 5. The van der Waals surface area contributed by atoms with Crippen LogP contribution in [0.15, 0.2) is 60.7 Å². The summed E-state index contributed by atoms with van der Waals surface area (Å²) in [5.74, 6) is 0.487. The Labute approximate surface area is 151 Å². The quantitative estimate of drug-likeness (QED) is 0.500. The Bertz CT molecular complexity index is 1120. The Balaban J connectivity index is 1.78. The van der Waals surface area contributed by atoms with Gasteiger partial charge in [0.15, 0.2) is 5.58 Å². The van der Waals surface area contributed by atoms with Crippen LogP contribution >= 0.6 is 15.9 Å². The molecule has 0 saturated heterocycles. The first-order chi connectivity index (χ1) is 12.0. The van der Waals surface area contributed by atoms with E-state index in [0.717, 1.165) is 21.1 Å². The average Bonchev–Trinajstić information content (AvgIpc) is 3.18. The average molecular weight is 400 g/mol. The number of fused-ring (bicyclic) bond motifs is 1. The van der Waals surface area contributed by atoms with Crippen molar-refractivity contribution in [2.45, 2.75) is 19.9 Å². The first-order valence-corrected chi connectivity index (χ1v) is 8.58. The lowest BCUT2D eigenvalue weighted by Gasteiger charge is -2.04. The SMILES string of the molecule is CC(C)n1c(=O)oc2cc(-c3noc(-c4ccccc4Br)n3)ccc21. The minimum absolute atomic E-state index is 0.0202. The van der Waals surface area contributed by atoms with E-state index >= 15 is 0 Å². The molecule has 4 aromatic rings. The number of rotatable bonds is 3. The zero-order valence-corrected chi connectivity index (χ0v) is 15.1. The van der Waals surface area contributed by atoms with Gasteiger partial charge in [0.1, 0.15) is 0 Å². The maximum atomic E-state index is 12.0. The monoisotopic (exact) mass is 399 g/mol. The first-order valence-electron chi connectivity index (χ1n) is 7.78. The van der Waals surface area contributed by atoms with Gasteiger partial charge in [-0.15, -0.1) is 0 Å². The van der Waals surface area contributed by atoms with Crippen molar-refractivity contribution >= 4 is 27.0 Å². The minimum Gasteiger partial charge on any atom is -0.408 e. The maximum Gasteiger partial charge on any atom is 0.420 e. The van der Waals surface area contributed by atoms with Crippen molar-refractivity contribution in [2.75, 3.05) is 0 Å². The fourth-order valence-electron chi connectivity index (χ4n) is 2.75. The van der Waals surface area contributed by atoms with E-state index in [-0.39, 0.29) is 11.8 Å². The van der Waals surface area contributed by atoms with Gasteiger partial charge in [0.05, 0.1) is 11.1 Å². The minimum atomic E-state index is -0.371. The lowest BCUT2D eigenvalue weighted by molar-refractivity contribution is 0.432.